The summed E-state index contributed by atoms with van der Waals surface area (Å²) in [6, 6.07) is 0. The van der Waals surface area contributed by atoms with E-state index in [9.17, 15) is 13.6 Å². The molecule has 11 heavy (non-hydrogen) atoms. The number of aliphatic hydroxyl groups excluding tert-OH is 1. The summed E-state index contributed by atoms with van der Waals surface area (Å²) in [4.78, 5) is 11.5. The number of hydrogen-bond donors (Lipinski definition) is 1. The lowest BCUT2D eigenvalue weighted by Gasteiger charge is -2.13. The van der Waals surface area contributed by atoms with Crippen molar-refractivity contribution in [3.63, 3.8) is 0 Å². The normalized spacial score (nSPS) is 24.7. The molecule has 0 aromatic rings. The van der Waals surface area contributed by atoms with Gasteiger partial charge < -0.3 is 10.0 Å². The average Bonchev–Trinajstić information content (AvgIpc) is 2.34. The number of carbonyl (C=O) groups is 1. The van der Waals surface area contributed by atoms with Gasteiger partial charge in [0.2, 0.25) is 0 Å². The summed E-state index contributed by atoms with van der Waals surface area (Å²) in [6.45, 7) is 0.285. The first-order chi connectivity index (χ1) is 5.11. The summed E-state index contributed by atoms with van der Waals surface area (Å²) >= 11 is 0. The second kappa shape index (κ2) is 3.13. The van der Waals surface area contributed by atoms with Crippen molar-refractivity contribution in [2.75, 3.05) is 13.1 Å². The van der Waals surface area contributed by atoms with Crippen molar-refractivity contribution in [2.45, 2.75) is 19.0 Å². The third kappa shape index (κ3) is 1.86. The number of alkyl halides is 2. The highest BCUT2D eigenvalue weighted by atomic mass is 19.3. The topological polar surface area (TPSA) is 40.5 Å². The largest absolute Gasteiger partial charge is 0.391 e. The Morgan fingerprint density at radius 2 is 2.27 bits per heavy atom. The quantitative estimate of drug-likeness (QED) is 0.586. The fraction of sp³-hybridized carbons (Fsp3) is 0.833. The van der Waals surface area contributed by atoms with Gasteiger partial charge in [-0.15, -0.1) is 0 Å². The van der Waals surface area contributed by atoms with E-state index in [0.29, 0.717) is 6.42 Å². The SMILES string of the molecule is O=C(C(F)F)N1CC[C@H](O)C1. The molecule has 1 amide bonds. The number of β-amino-alcohol motifs (C(OH)–C–C–N with tert-alkyl or cyclic N) is 1. The molecule has 1 aliphatic rings. The van der Waals surface area contributed by atoms with Crippen molar-refractivity contribution in [3.8, 4) is 0 Å². The molecule has 0 radical (unpaired) electrons. The Labute approximate surface area is 62.6 Å². The minimum Gasteiger partial charge on any atom is -0.391 e. The van der Waals surface area contributed by atoms with Crippen LogP contribution in [0.25, 0.3) is 0 Å². The fourth-order valence-corrected chi connectivity index (χ4v) is 1.08. The van der Waals surface area contributed by atoms with E-state index in [1.165, 1.54) is 0 Å². The van der Waals surface area contributed by atoms with Gasteiger partial charge in [0.25, 0.3) is 5.91 Å². The molecule has 5 heteroatoms. The first-order valence-corrected chi connectivity index (χ1v) is 3.36. The molecular formula is C6H9F2NO2. The molecule has 0 unspecified atom stereocenters. The maximum atomic E-state index is 11.7. The van der Waals surface area contributed by atoms with Crippen molar-refractivity contribution in [1.29, 1.82) is 0 Å². The predicted octanol–water partition coefficient (Wildman–Crippen LogP) is -0.155. The highest BCUT2D eigenvalue weighted by Crippen LogP contribution is 2.11. The van der Waals surface area contributed by atoms with Gasteiger partial charge in [0.05, 0.1) is 6.10 Å². The Bertz CT molecular complexity index is 163. The number of likely N-dealkylation sites (tertiary alicyclic amines) is 1. The second-order valence-corrected chi connectivity index (χ2v) is 2.53. The van der Waals surface area contributed by atoms with Gasteiger partial charge in [-0.3, -0.25) is 4.79 Å². The van der Waals surface area contributed by atoms with Gasteiger partial charge in [-0.25, -0.2) is 0 Å². The third-order valence-electron chi connectivity index (χ3n) is 1.66. The molecule has 1 N–H and O–H groups in total. The van der Waals surface area contributed by atoms with E-state index in [0.717, 1.165) is 4.90 Å². The van der Waals surface area contributed by atoms with Crippen molar-refractivity contribution in [1.82, 2.24) is 4.90 Å². The van der Waals surface area contributed by atoms with Gasteiger partial charge in [-0.1, -0.05) is 0 Å². The lowest BCUT2D eigenvalue weighted by atomic mass is 10.3. The zero-order valence-corrected chi connectivity index (χ0v) is 5.83. The first-order valence-electron chi connectivity index (χ1n) is 3.36. The molecule has 0 saturated carbocycles. The molecule has 1 rings (SSSR count). The zero-order valence-electron chi connectivity index (χ0n) is 5.83. The minimum absolute atomic E-state index is 0.0448. The number of amides is 1. The third-order valence-corrected chi connectivity index (χ3v) is 1.66. The van der Waals surface area contributed by atoms with Gasteiger partial charge in [-0.2, -0.15) is 8.78 Å². The smallest absolute Gasteiger partial charge is 0.315 e. The molecule has 0 aromatic carbocycles. The van der Waals surface area contributed by atoms with Crippen LogP contribution in [0.2, 0.25) is 0 Å². The van der Waals surface area contributed by atoms with Crippen molar-refractivity contribution in [2.24, 2.45) is 0 Å². The molecule has 64 valence electrons. The van der Waals surface area contributed by atoms with Crippen LogP contribution in [0.5, 0.6) is 0 Å². The van der Waals surface area contributed by atoms with Crippen LogP contribution < -0.4 is 0 Å². The molecule has 0 spiro atoms. The summed E-state index contributed by atoms with van der Waals surface area (Å²) in [6.07, 6.45) is -3.17. The predicted molar refractivity (Wildman–Crippen MR) is 33.2 cm³/mol. The van der Waals surface area contributed by atoms with Gasteiger partial charge in [0.1, 0.15) is 0 Å². The average molecular weight is 165 g/mol. The van der Waals surface area contributed by atoms with Crippen LogP contribution in [0, 0.1) is 0 Å². The van der Waals surface area contributed by atoms with Crippen molar-refractivity contribution < 1.29 is 18.7 Å². The highest BCUT2D eigenvalue weighted by Gasteiger charge is 2.29. The van der Waals surface area contributed by atoms with E-state index >= 15 is 0 Å². The fourth-order valence-electron chi connectivity index (χ4n) is 1.08. The van der Waals surface area contributed by atoms with E-state index in [2.05, 4.69) is 0 Å². The second-order valence-electron chi connectivity index (χ2n) is 2.53. The molecule has 1 aliphatic heterocycles. The molecule has 0 aromatic heterocycles. The van der Waals surface area contributed by atoms with Crippen molar-refractivity contribution >= 4 is 5.91 Å². The van der Waals surface area contributed by atoms with Gasteiger partial charge >= 0.3 is 6.43 Å². The van der Waals surface area contributed by atoms with Crippen LogP contribution in [0.4, 0.5) is 8.78 Å². The first kappa shape index (κ1) is 8.39. The Kier molecular flexibility index (Phi) is 2.38. The highest BCUT2D eigenvalue weighted by molar-refractivity contribution is 5.79. The van der Waals surface area contributed by atoms with E-state index in [1.807, 2.05) is 0 Å². The molecule has 3 nitrogen and oxygen atoms in total. The molecule has 0 bridgehead atoms. The van der Waals surface area contributed by atoms with Crippen LogP contribution in [0.15, 0.2) is 0 Å². The summed E-state index contributed by atoms with van der Waals surface area (Å²) in [5.74, 6) is -1.18. The maximum absolute atomic E-state index is 11.7. The summed E-state index contributed by atoms with van der Waals surface area (Å²) in [5, 5.41) is 8.89. The standard InChI is InChI=1S/C6H9F2NO2/c7-5(8)6(11)9-2-1-4(10)3-9/h4-5,10H,1-3H2/t4-/m0/s1. The molecule has 1 atom stereocenters. The van der Waals surface area contributed by atoms with Gasteiger partial charge in [-0.05, 0) is 6.42 Å². The number of nitrogens with zero attached hydrogens (tertiary/aromatic N) is 1. The van der Waals surface area contributed by atoms with Gasteiger partial charge in [0.15, 0.2) is 0 Å². The van der Waals surface area contributed by atoms with E-state index in [4.69, 9.17) is 5.11 Å². The summed E-state index contributed by atoms with van der Waals surface area (Å²) in [7, 11) is 0. The Morgan fingerprint density at radius 3 is 2.64 bits per heavy atom. The molecule has 1 saturated heterocycles. The van der Waals surface area contributed by atoms with Crippen LogP contribution in [0.3, 0.4) is 0 Å². The molecule has 0 aliphatic carbocycles. The lowest BCUT2D eigenvalue weighted by Crippen LogP contribution is -2.34. The van der Waals surface area contributed by atoms with Crippen LogP contribution in [-0.4, -0.2) is 41.5 Å². The number of hydrogen-bond acceptors (Lipinski definition) is 2. The number of aliphatic hydroxyl groups is 1. The summed E-state index contributed by atoms with van der Waals surface area (Å²) in [5.41, 5.74) is 0. The van der Waals surface area contributed by atoms with Crippen molar-refractivity contribution in [3.05, 3.63) is 0 Å². The Balaban J connectivity index is 2.43. The van der Waals surface area contributed by atoms with Gasteiger partial charge in [0, 0.05) is 13.1 Å². The lowest BCUT2D eigenvalue weighted by molar-refractivity contribution is -0.142. The van der Waals surface area contributed by atoms with Crippen LogP contribution in [-0.2, 0) is 4.79 Å². The molecular weight excluding hydrogens is 156 g/mol. The van der Waals surface area contributed by atoms with Crippen LogP contribution >= 0.6 is 0 Å². The summed E-state index contributed by atoms with van der Waals surface area (Å²) < 4.78 is 23.5. The maximum Gasteiger partial charge on any atom is 0.315 e. The number of carbonyl (C=O) groups excluding carboxylic acids is 1. The Morgan fingerprint density at radius 1 is 1.64 bits per heavy atom. The molecule has 1 fully saturated rings. The van der Waals surface area contributed by atoms with E-state index < -0.39 is 18.4 Å². The zero-order chi connectivity index (χ0) is 8.43. The van der Waals surface area contributed by atoms with E-state index in [1.54, 1.807) is 0 Å². The number of rotatable bonds is 1. The van der Waals surface area contributed by atoms with Crippen LogP contribution in [0.1, 0.15) is 6.42 Å². The van der Waals surface area contributed by atoms with E-state index in [-0.39, 0.29) is 13.1 Å². The minimum atomic E-state index is -2.94. The molecule has 1 heterocycles. The Hall–Kier alpha value is -0.710. The monoisotopic (exact) mass is 165 g/mol. The number of halogens is 2.